The topological polar surface area (TPSA) is 80.3 Å². The monoisotopic (exact) mass is 326 g/mol. The molecule has 0 fully saturated rings. The smallest absolute Gasteiger partial charge is 0.545 e. The van der Waals surface area contributed by atoms with Crippen molar-refractivity contribution in [3.05, 3.63) is 65.3 Å². The predicted octanol–water partition coefficient (Wildman–Crippen LogP) is -5.32. The third-order valence-corrected chi connectivity index (χ3v) is 3.06. The second-order valence-electron chi connectivity index (χ2n) is 4.60. The Kier molecular flexibility index (Phi) is 9.70. The van der Waals surface area contributed by atoms with Gasteiger partial charge in [0.2, 0.25) is 0 Å². The average Bonchev–Trinajstić information content (AvgIpc) is 2.43. The third-order valence-electron chi connectivity index (χ3n) is 3.06. The number of rotatable bonds is 4. The number of fused-ring (bicyclic) bond motifs is 1. The van der Waals surface area contributed by atoms with Crippen LogP contribution in [0, 0.1) is 0 Å². The van der Waals surface area contributed by atoms with Crippen LogP contribution in [0.1, 0.15) is 12.5 Å². The number of hydrogen-bond donors (Lipinski definition) is 0. The summed E-state index contributed by atoms with van der Waals surface area (Å²) in [4.78, 5) is 21.7. The molecule has 0 aromatic heterocycles. The van der Waals surface area contributed by atoms with Crippen molar-refractivity contribution in [3.8, 4) is 0 Å². The molecule has 0 saturated heterocycles. The minimum absolute atomic E-state index is 0. The molecule has 0 radical (unpaired) electrons. The van der Waals surface area contributed by atoms with Crippen LogP contribution in [0.5, 0.6) is 0 Å². The quantitative estimate of drug-likeness (QED) is 0.319. The number of aliphatic carboxylic acids is 2. The molecule has 0 heterocycles. The van der Waals surface area contributed by atoms with Crippen molar-refractivity contribution in [3.63, 3.8) is 0 Å². The third kappa shape index (κ3) is 6.26. The van der Waals surface area contributed by atoms with Crippen molar-refractivity contribution < 1.29 is 78.9 Å². The molecule has 0 aliphatic carbocycles. The number of hydrogen-bond acceptors (Lipinski definition) is 4. The normalized spacial score (nSPS) is 11.3. The van der Waals surface area contributed by atoms with Gasteiger partial charge in [-0.1, -0.05) is 36.4 Å². The molecular weight excluding hydrogens is 314 g/mol. The van der Waals surface area contributed by atoms with Gasteiger partial charge >= 0.3 is 59.1 Å². The van der Waals surface area contributed by atoms with E-state index < -0.39 is 11.9 Å². The van der Waals surface area contributed by atoms with E-state index in [-0.39, 0.29) is 70.3 Å². The Hall–Kier alpha value is -0.880. The summed E-state index contributed by atoms with van der Waals surface area (Å²) < 4.78 is 0. The maximum Gasteiger partial charge on any atom is 1.00 e. The van der Waals surface area contributed by atoms with Gasteiger partial charge in [0.15, 0.2) is 0 Å². The zero-order valence-corrected chi connectivity index (χ0v) is 17.3. The molecule has 0 spiro atoms. The maximum atomic E-state index is 11.2. The summed E-state index contributed by atoms with van der Waals surface area (Å²) in [6, 6.07) is 13.1. The zero-order valence-electron chi connectivity index (χ0n) is 13.3. The predicted molar refractivity (Wildman–Crippen MR) is 75.7 cm³/mol. The van der Waals surface area contributed by atoms with E-state index in [2.05, 4.69) is 0 Å². The molecule has 0 N–H and O–H groups in total. The summed E-state index contributed by atoms with van der Waals surface area (Å²) in [7, 11) is 0. The molecule has 23 heavy (non-hydrogen) atoms. The summed E-state index contributed by atoms with van der Waals surface area (Å²) in [6.45, 7) is 1.39. The minimum Gasteiger partial charge on any atom is -0.545 e. The van der Waals surface area contributed by atoms with E-state index >= 15 is 0 Å². The minimum atomic E-state index is -1.45. The van der Waals surface area contributed by atoms with Crippen LogP contribution in [0.15, 0.2) is 59.7 Å². The molecular formula is C17H12Na2O4. The van der Waals surface area contributed by atoms with Gasteiger partial charge in [0, 0.05) is 5.57 Å². The molecule has 2 aromatic rings. The Morgan fingerprint density at radius 1 is 0.957 bits per heavy atom. The first kappa shape index (κ1) is 22.1. The molecule has 106 valence electrons. The van der Waals surface area contributed by atoms with Crippen molar-refractivity contribution in [1.29, 1.82) is 0 Å². The van der Waals surface area contributed by atoms with Crippen molar-refractivity contribution in [2.45, 2.75) is 6.92 Å². The fourth-order valence-electron chi connectivity index (χ4n) is 2.05. The second-order valence-corrected chi connectivity index (χ2v) is 4.60. The molecule has 0 aliphatic heterocycles. The first-order valence-electron chi connectivity index (χ1n) is 6.29. The van der Waals surface area contributed by atoms with Crippen LogP contribution in [0.2, 0.25) is 0 Å². The molecule has 0 amide bonds. The maximum absolute atomic E-state index is 11.2. The summed E-state index contributed by atoms with van der Waals surface area (Å²) in [5.41, 5.74) is 0.539. The summed E-state index contributed by atoms with van der Waals surface area (Å²) in [5, 5.41) is 23.7. The zero-order chi connectivity index (χ0) is 15.4. The van der Waals surface area contributed by atoms with Crippen molar-refractivity contribution in [2.75, 3.05) is 0 Å². The van der Waals surface area contributed by atoms with Crippen LogP contribution in [-0.4, -0.2) is 11.9 Å². The first-order valence-corrected chi connectivity index (χ1v) is 6.29. The van der Waals surface area contributed by atoms with Crippen LogP contribution in [0.25, 0.3) is 16.8 Å². The van der Waals surface area contributed by atoms with E-state index in [0.717, 1.165) is 16.8 Å². The molecule has 4 nitrogen and oxygen atoms in total. The Bertz CT molecular complexity index is 779. The van der Waals surface area contributed by atoms with Crippen LogP contribution in [0.4, 0.5) is 0 Å². The van der Waals surface area contributed by atoms with Crippen LogP contribution >= 0.6 is 0 Å². The van der Waals surface area contributed by atoms with Gasteiger partial charge in [0.1, 0.15) is 0 Å². The fraction of sp³-hybridized carbons (Fsp3) is 0.0588. The number of carbonyl (C=O) groups is 2. The first-order chi connectivity index (χ1) is 9.97. The van der Waals surface area contributed by atoms with Gasteiger partial charge in [0.05, 0.1) is 11.9 Å². The summed E-state index contributed by atoms with van der Waals surface area (Å²) in [6.07, 6.45) is 2.12. The average molecular weight is 326 g/mol. The standard InChI is InChI=1S/C17H14O4.2Na/c1-11(8-16(18)19)15(17(20)21)10-12-6-7-13-4-2-3-5-14(13)9-12;;/h2-10H,1H3,(H,18,19)(H,20,21);;/q;2*+1/p-2/b11-8+,15-10+;;. The molecule has 6 heteroatoms. The van der Waals surface area contributed by atoms with E-state index in [1.807, 2.05) is 36.4 Å². The van der Waals surface area contributed by atoms with Crippen molar-refractivity contribution >= 4 is 28.8 Å². The second kappa shape index (κ2) is 10.1. The number of benzene rings is 2. The Morgan fingerprint density at radius 3 is 2.13 bits per heavy atom. The number of carboxylic acid groups (broad SMARTS) is 2. The van der Waals surface area contributed by atoms with Gasteiger partial charge < -0.3 is 19.8 Å². The van der Waals surface area contributed by atoms with Crippen LogP contribution in [0.3, 0.4) is 0 Å². The van der Waals surface area contributed by atoms with Gasteiger partial charge in [-0.2, -0.15) is 0 Å². The van der Waals surface area contributed by atoms with Crippen LogP contribution in [-0.2, 0) is 9.59 Å². The van der Waals surface area contributed by atoms with Crippen LogP contribution < -0.4 is 69.3 Å². The summed E-state index contributed by atoms with van der Waals surface area (Å²) >= 11 is 0. The van der Waals surface area contributed by atoms with Gasteiger partial charge in [-0.05, 0) is 47.1 Å². The molecule has 2 rings (SSSR count). The van der Waals surface area contributed by atoms with E-state index in [9.17, 15) is 19.8 Å². The Balaban J connectivity index is 0.00000242. The van der Waals surface area contributed by atoms with E-state index in [4.69, 9.17) is 0 Å². The number of carbonyl (C=O) groups excluding carboxylic acids is 2. The molecule has 0 aliphatic rings. The molecule has 0 atom stereocenters. The van der Waals surface area contributed by atoms with Crippen molar-refractivity contribution in [1.82, 2.24) is 0 Å². The van der Waals surface area contributed by atoms with Gasteiger partial charge in [-0.3, -0.25) is 0 Å². The molecule has 0 saturated carbocycles. The van der Waals surface area contributed by atoms with E-state index in [1.165, 1.54) is 13.0 Å². The van der Waals surface area contributed by atoms with Gasteiger partial charge in [-0.15, -0.1) is 0 Å². The number of carboxylic acids is 2. The fourth-order valence-corrected chi connectivity index (χ4v) is 2.05. The van der Waals surface area contributed by atoms with E-state index in [1.54, 1.807) is 6.07 Å². The van der Waals surface area contributed by atoms with Gasteiger partial charge in [-0.25, -0.2) is 0 Å². The Morgan fingerprint density at radius 2 is 1.57 bits per heavy atom. The Labute approximate surface area is 178 Å². The molecule has 2 aromatic carbocycles. The molecule has 0 unspecified atom stereocenters. The van der Waals surface area contributed by atoms with Gasteiger partial charge in [0.25, 0.3) is 0 Å². The summed E-state index contributed by atoms with van der Waals surface area (Å²) in [5.74, 6) is -2.88. The molecule has 0 bridgehead atoms. The van der Waals surface area contributed by atoms with E-state index in [0.29, 0.717) is 5.56 Å². The largest absolute Gasteiger partial charge is 1.00 e. The van der Waals surface area contributed by atoms with Crippen molar-refractivity contribution in [2.24, 2.45) is 0 Å². The SMILES string of the molecule is CC(=C\C(=O)[O-])/C(=C\c1ccc2ccccc2c1)C(=O)[O-].[Na+].[Na+].